The first-order valence-electron chi connectivity index (χ1n) is 4.25. The molecule has 3 heteroatoms. The van der Waals surface area contributed by atoms with Gasteiger partial charge in [-0.05, 0) is 46.5 Å². The Morgan fingerprint density at radius 3 is 2.69 bits per heavy atom. The fraction of sp³-hybridized carbons (Fsp3) is 0.400. The van der Waals surface area contributed by atoms with E-state index < -0.39 is 5.60 Å². The summed E-state index contributed by atoms with van der Waals surface area (Å²) in [5, 5.41) is 9.63. The largest absolute Gasteiger partial charge is 0.390 e. The molecule has 1 nitrogen and oxygen atoms in total. The molecule has 1 saturated carbocycles. The minimum Gasteiger partial charge on any atom is -0.390 e. The minimum absolute atomic E-state index is 0.258. The molecule has 0 saturated heterocycles. The van der Waals surface area contributed by atoms with Gasteiger partial charge in [0.2, 0.25) is 0 Å². The van der Waals surface area contributed by atoms with Crippen LogP contribution < -0.4 is 0 Å². The van der Waals surface area contributed by atoms with E-state index >= 15 is 0 Å². The molecule has 0 spiro atoms. The Balaban J connectivity index is 2.17. The summed E-state index contributed by atoms with van der Waals surface area (Å²) < 4.78 is 13.3. The van der Waals surface area contributed by atoms with Crippen molar-refractivity contribution in [1.29, 1.82) is 0 Å². The third-order valence-electron chi connectivity index (χ3n) is 2.34. The first kappa shape index (κ1) is 9.16. The second-order valence-electron chi connectivity index (χ2n) is 3.65. The summed E-state index contributed by atoms with van der Waals surface area (Å²) >= 11 is 3.12. The maximum Gasteiger partial charge on any atom is 0.137 e. The molecular formula is C10H10BrFO. The summed E-state index contributed by atoms with van der Waals surface area (Å²) in [4.78, 5) is 0. The second-order valence-corrected chi connectivity index (χ2v) is 4.50. The Morgan fingerprint density at radius 1 is 1.46 bits per heavy atom. The molecule has 0 aromatic heterocycles. The number of halogens is 2. The van der Waals surface area contributed by atoms with Gasteiger partial charge in [-0.1, -0.05) is 6.07 Å². The van der Waals surface area contributed by atoms with Gasteiger partial charge >= 0.3 is 0 Å². The number of benzene rings is 1. The van der Waals surface area contributed by atoms with E-state index in [-0.39, 0.29) is 5.82 Å². The maximum absolute atomic E-state index is 12.8. The highest BCUT2D eigenvalue weighted by Crippen LogP contribution is 2.38. The zero-order chi connectivity index (χ0) is 9.47. The Kier molecular flexibility index (Phi) is 2.16. The molecule has 1 aliphatic carbocycles. The summed E-state index contributed by atoms with van der Waals surface area (Å²) in [6.45, 7) is 0. The standard InChI is InChI=1S/C10H10BrFO/c11-8-5-7(1-2-9(8)12)6-10(13)3-4-10/h1-2,5,13H,3-4,6H2. The van der Waals surface area contributed by atoms with Crippen LogP contribution in [0.2, 0.25) is 0 Å². The Labute approximate surface area is 84.7 Å². The molecule has 0 bridgehead atoms. The van der Waals surface area contributed by atoms with Crippen molar-refractivity contribution in [3.63, 3.8) is 0 Å². The summed E-state index contributed by atoms with van der Waals surface area (Å²) in [6.07, 6.45) is 2.36. The van der Waals surface area contributed by atoms with Crippen LogP contribution in [0.15, 0.2) is 22.7 Å². The molecule has 70 valence electrons. The highest BCUT2D eigenvalue weighted by atomic mass is 79.9. The van der Waals surface area contributed by atoms with E-state index in [1.807, 2.05) is 0 Å². The maximum atomic E-state index is 12.8. The number of hydrogen-bond donors (Lipinski definition) is 1. The van der Waals surface area contributed by atoms with Gasteiger partial charge in [-0.25, -0.2) is 4.39 Å². The van der Waals surface area contributed by atoms with Crippen molar-refractivity contribution in [2.45, 2.75) is 24.9 Å². The SMILES string of the molecule is OC1(Cc2ccc(F)c(Br)c2)CC1. The van der Waals surface area contributed by atoms with Crippen molar-refractivity contribution >= 4 is 15.9 Å². The van der Waals surface area contributed by atoms with E-state index in [9.17, 15) is 9.50 Å². The van der Waals surface area contributed by atoms with Gasteiger partial charge in [-0.3, -0.25) is 0 Å². The lowest BCUT2D eigenvalue weighted by Crippen LogP contribution is -2.10. The number of hydrogen-bond acceptors (Lipinski definition) is 1. The van der Waals surface area contributed by atoms with E-state index in [2.05, 4.69) is 15.9 Å². The average Bonchev–Trinajstić information content (AvgIpc) is 2.76. The van der Waals surface area contributed by atoms with Crippen molar-refractivity contribution in [2.24, 2.45) is 0 Å². The van der Waals surface area contributed by atoms with Crippen LogP contribution >= 0.6 is 15.9 Å². The van der Waals surface area contributed by atoms with Gasteiger partial charge in [0.1, 0.15) is 5.82 Å². The van der Waals surface area contributed by atoms with Gasteiger partial charge in [0, 0.05) is 6.42 Å². The van der Waals surface area contributed by atoms with Gasteiger partial charge in [-0.2, -0.15) is 0 Å². The molecule has 0 atom stereocenters. The zero-order valence-corrected chi connectivity index (χ0v) is 8.64. The fourth-order valence-corrected chi connectivity index (χ4v) is 1.78. The number of rotatable bonds is 2. The highest BCUT2D eigenvalue weighted by molar-refractivity contribution is 9.10. The first-order chi connectivity index (χ1) is 6.09. The molecule has 1 aliphatic rings. The van der Waals surface area contributed by atoms with Crippen LogP contribution in [-0.4, -0.2) is 10.7 Å². The Hall–Kier alpha value is -0.410. The van der Waals surface area contributed by atoms with Gasteiger partial charge < -0.3 is 5.11 Å². The summed E-state index contributed by atoms with van der Waals surface area (Å²) in [5.41, 5.74) is 0.477. The zero-order valence-electron chi connectivity index (χ0n) is 7.06. The Morgan fingerprint density at radius 2 is 2.15 bits per heavy atom. The van der Waals surface area contributed by atoms with Gasteiger partial charge in [-0.15, -0.1) is 0 Å². The molecule has 0 heterocycles. The average molecular weight is 245 g/mol. The van der Waals surface area contributed by atoms with Gasteiger partial charge in [0.25, 0.3) is 0 Å². The van der Waals surface area contributed by atoms with Gasteiger partial charge in [0.15, 0.2) is 0 Å². The normalized spacial score (nSPS) is 18.7. The van der Waals surface area contributed by atoms with Crippen LogP contribution in [0.1, 0.15) is 18.4 Å². The van der Waals surface area contributed by atoms with Crippen LogP contribution in [0.3, 0.4) is 0 Å². The topological polar surface area (TPSA) is 20.2 Å². The van der Waals surface area contributed by atoms with E-state index in [0.717, 1.165) is 18.4 Å². The summed E-state index contributed by atoms with van der Waals surface area (Å²) in [7, 11) is 0. The molecule has 1 aromatic carbocycles. The molecule has 2 rings (SSSR count). The lowest BCUT2D eigenvalue weighted by molar-refractivity contribution is 0.151. The predicted octanol–water partition coefficient (Wildman–Crippen LogP) is 2.66. The monoisotopic (exact) mass is 244 g/mol. The molecule has 0 aliphatic heterocycles. The summed E-state index contributed by atoms with van der Waals surface area (Å²) in [6, 6.07) is 4.87. The highest BCUT2D eigenvalue weighted by Gasteiger charge is 2.40. The molecule has 0 amide bonds. The molecular weight excluding hydrogens is 235 g/mol. The fourth-order valence-electron chi connectivity index (χ4n) is 1.35. The van der Waals surface area contributed by atoms with Crippen molar-refractivity contribution in [2.75, 3.05) is 0 Å². The predicted molar refractivity (Wildman–Crippen MR) is 52.0 cm³/mol. The minimum atomic E-state index is -0.503. The lowest BCUT2D eigenvalue weighted by Gasteiger charge is -2.07. The van der Waals surface area contributed by atoms with Crippen LogP contribution in [0.25, 0.3) is 0 Å². The number of aliphatic hydroxyl groups is 1. The van der Waals surface area contributed by atoms with Crippen LogP contribution in [-0.2, 0) is 6.42 Å². The molecule has 13 heavy (non-hydrogen) atoms. The van der Waals surface area contributed by atoms with Crippen molar-refractivity contribution in [3.8, 4) is 0 Å². The van der Waals surface area contributed by atoms with Crippen LogP contribution in [0, 0.1) is 5.82 Å². The van der Waals surface area contributed by atoms with Crippen LogP contribution in [0.5, 0.6) is 0 Å². The van der Waals surface area contributed by atoms with Crippen LogP contribution in [0.4, 0.5) is 4.39 Å². The Bertz CT molecular complexity index is 334. The smallest absolute Gasteiger partial charge is 0.137 e. The second kappa shape index (κ2) is 3.07. The van der Waals surface area contributed by atoms with E-state index in [1.165, 1.54) is 6.07 Å². The first-order valence-corrected chi connectivity index (χ1v) is 5.05. The van der Waals surface area contributed by atoms with Crippen molar-refractivity contribution in [3.05, 3.63) is 34.1 Å². The molecule has 1 aromatic rings. The molecule has 1 fully saturated rings. The molecule has 0 radical (unpaired) electrons. The molecule has 1 N–H and O–H groups in total. The molecule has 0 unspecified atom stereocenters. The quantitative estimate of drug-likeness (QED) is 0.849. The van der Waals surface area contributed by atoms with E-state index in [0.29, 0.717) is 10.9 Å². The van der Waals surface area contributed by atoms with Crippen molar-refractivity contribution < 1.29 is 9.50 Å². The van der Waals surface area contributed by atoms with E-state index in [1.54, 1.807) is 12.1 Å². The van der Waals surface area contributed by atoms with Crippen molar-refractivity contribution in [1.82, 2.24) is 0 Å². The third kappa shape index (κ3) is 2.09. The third-order valence-corrected chi connectivity index (χ3v) is 2.95. The lowest BCUT2D eigenvalue weighted by atomic mass is 10.1. The summed E-state index contributed by atoms with van der Waals surface area (Å²) in [5.74, 6) is -0.258. The van der Waals surface area contributed by atoms with E-state index in [4.69, 9.17) is 0 Å². The van der Waals surface area contributed by atoms with Gasteiger partial charge in [0.05, 0.1) is 10.1 Å².